The monoisotopic (exact) mass is 377 g/mol. The molecule has 0 aromatic heterocycles. The number of rotatable bonds is 2. The topological polar surface area (TPSA) is 49.8 Å². The van der Waals surface area contributed by atoms with Gasteiger partial charge in [-0.25, -0.2) is 0 Å². The molecule has 1 N–H and O–H groups in total. The molecule has 4 nitrogen and oxygen atoms in total. The van der Waals surface area contributed by atoms with Crippen molar-refractivity contribution < 1.29 is 14.6 Å². The molecule has 1 aromatic rings. The van der Waals surface area contributed by atoms with E-state index in [2.05, 4.69) is 31.9 Å². The van der Waals surface area contributed by atoms with Crippen molar-refractivity contribution in [1.82, 2.24) is 4.90 Å². The SMILES string of the molecule is O=C(c1cc(Br)ccc1O)N1CCOCC1CBr. The first-order valence-electron chi connectivity index (χ1n) is 5.56. The van der Waals surface area contributed by atoms with E-state index < -0.39 is 0 Å². The molecule has 1 aromatic carbocycles. The lowest BCUT2D eigenvalue weighted by Crippen LogP contribution is -2.49. The van der Waals surface area contributed by atoms with Gasteiger partial charge >= 0.3 is 0 Å². The molecule has 98 valence electrons. The predicted molar refractivity (Wildman–Crippen MR) is 75.2 cm³/mol. The molecular weight excluding hydrogens is 366 g/mol. The van der Waals surface area contributed by atoms with Crippen LogP contribution in [0.1, 0.15) is 10.4 Å². The number of hydrogen-bond donors (Lipinski definition) is 1. The molecule has 1 amide bonds. The van der Waals surface area contributed by atoms with Crippen molar-refractivity contribution in [1.29, 1.82) is 0 Å². The van der Waals surface area contributed by atoms with E-state index in [-0.39, 0.29) is 17.7 Å². The van der Waals surface area contributed by atoms with Gasteiger partial charge in [0.05, 0.1) is 24.8 Å². The van der Waals surface area contributed by atoms with Crippen LogP contribution in [0.25, 0.3) is 0 Å². The molecule has 6 heteroatoms. The number of phenolic OH excluding ortho intramolecular Hbond substituents is 1. The lowest BCUT2D eigenvalue weighted by Gasteiger charge is -2.34. The second kappa shape index (κ2) is 6.04. The Bertz CT molecular complexity index is 453. The van der Waals surface area contributed by atoms with Crippen molar-refractivity contribution in [3.05, 3.63) is 28.2 Å². The molecule has 0 saturated carbocycles. The molecule has 0 aliphatic carbocycles. The average Bonchev–Trinajstić information content (AvgIpc) is 2.40. The van der Waals surface area contributed by atoms with Gasteiger partial charge < -0.3 is 14.7 Å². The summed E-state index contributed by atoms with van der Waals surface area (Å²) in [5.74, 6) is -0.162. The van der Waals surface area contributed by atoms with E-state index in [4.69, 9.17) is 4.74 Å². The van der Waals surface area contributed by atoms with E-state index in [0.29, 0.717) is 30.7 Å². The molecule has 1 aliphatic rings. The standard InChI is InChI=1S/C12H13Br2NO3/c13-6-9-7-18-4-3-15(9)12(17)10-5-8(14)1-2-11(10)16/h1-2,5,9,16H,3-4,6-7H2. The summed E-state index contributed by atoms with van der Waals surface area (Å²) in [5, 5.41) is 10.4. The highest BCUT2D eigenvalue weighted by atomic mass is 79.9. The highest BCUT2D eigenvalue weighted by Gasteiger charge is 2.28. The van der Waals surface area contributed by atoms with Gasteiger partial charge in [0.25, 0.3) is 5.91 Å². The number of carbonyl (C=O) groups excluding carboxylic acids is 1. The summed E-state index contributed by atoms with van der Waals surface area (Å²) in [4.78, 5) is 14.1. The quantitative estimate of drug-likeness (QED) is 0.804. The van der Waals surface area contributed by atoms with Gasteiger partial charge in [-0.3, -0.25) is 4.79 Å². The number of phenols is 1. The Morgan fingerprint density at radius 3 is 3.06 bits per heavy atom. The molecule has 0 spiro atoms. The number of amides is 1. The van der Waals surface area contributed by atoms with Crippen LogP contribution >= 0.6 is 31.9 Å². The lowest BCUT2D eigenvalue weighted by molar-refractivity contribution is 0.00509. The van der Waals surface area contributed by atoms with Crippen LogP contribution in [0.4, 0.5) is 0 Å². The second-order valence-corrected chi connectivity index (χ2v) is 5.61. The third-order valence-electron chi connectivity index (χ3n) is 2.86. The Labute approximate surface area is 122 Å². The summed E-state index contributed by atoms with van der Waals surface area (Å²) < 4.78 is 6.12. The first-order chi connectivity index (χ1) is 8.63. The van der Waals surface area contributed by atoms with Crippen molar-refractivity contribution in [2.75, 3.05) is 25.1 Å². The number of hydrogen-bond acceptors (Lipinski definition) is 3. The highest BCUT2D eigenvalue weighted by molar-refractivity contribution is 9.10. The molecule has 18 heavy (non-hydrogen) atoms. The fourth-order valence-electron chi connectivity index (χ4n) is 1.88. The minimum Gasteiger partial charge on any atom is -0.507 e. The number of morpholine rings is 1. The largest absolute Gasteiger partial charge is 0.507 e. The number of carbonyl (C=O) groups is 1. The summed E-state index contributed by atoms with van der Waals surface area (Å²) >= 11 is 6.68. The zero-order chi connectivity index (χ0) is 13.1. The van der Waals surface area contributed by atoms with Crippen molar-refractivity contribution in [2.24, 2.45) is 0 Å². The Morgan fingerprint density at radius 2 is 2.33 bits per heavy atom. The molecule has 1 aliphatic heterocycles. The summed E-state index contributed by atoms with van der Waals surface area (Å²) in [5.41, 5.74) is 0.317. The highest BCUT2D eigenvalue weighted by Crippen LogP contribution is 2.25. The minimum absolute atomic E-state index is 0.00279. The van der Waals surface area contributed by atoms with Crippen LogP contribution in [0, 0.1) is 0 Å². The van der Waals surface area contributed by atoms with Crippen LogP contribution in [0.5, 0.6) is 5.75 Å². The van der Waals surface area contributed by atoms with Gasteiger partial charge in [0.1, 0.15) is 5.75 Å². The van der Waals surface area contributed by atoms with Gasteiger partial charge in [-0.2, -0.15) is 0 Å². The van der Waals surface area contributed by atoms with Crippen LogP contribution in [0.15, 0.2) is 22.7 Å². The molecule has 1 saturated heterocycles. The maximum atomic E-state index is 12.4. The smallest absolute Gasteiger partial charge is 0.258 e. The van der Waals surface area contributed by atoms with Crippen LogP contribution < -0.4 is 0 Å². The molecule has 1 heterocycles. The predicted octanol–water partition coefficient (Wildman–Crippen LogP) is 2.39. The van der Waals surface area contributed by atoms with Gasteiger partial charge in [-0.15, -0.1) is 0 Å². The first-order valence-corrected chi connectivity index (χ1v) is 7.48. The van der Waals surface area contributed by atoms with Gasteiger partial charge in [-0.1, -0.05) is 31.9 Å². The second-order valence-electron chi connectivity index (χ2n) is 4.04. The summed E-state index contributed by atoms with van der Waals surface area (Å²) in [6.45, 7) is 1.59. The van der Waals surface area contributed by atoms with Crippen LogP contribution in [-0.2, 0) is 4.74 Å². The van der Waals surface area contributed by atoms with Gasteiger partial charge in [-0.05, 0) is 18.2 Å². The number of halogens is 2. The fourth-order valence-corrected chi connectivity index (χ4v) is 2.78. The van der Waals surface area contributed by atoms with E-state index in [9.17, 15) is 9.90 Å². The van der Waals surface area contributed by atoms with Crippen molar-refractivity contribution in [2.45, 2.75) is 6.04 Å². The van der Waals surface area contributed by atoms with E-state index in [1.165, 1.54) is 6.07 Å². The zero-order valence-corrected chi connectivity index (χ0v) is 12.8. The van der Waals surface area contributed by atoms with Crippen LogP contribution in [0.3, 0.4) is 0 Å². The van der Waals surface area contributed by atoms with Gasteiger partial charge in [0.2, 0.25) is 0 Å². The Hall–Kier alpha value is -0.590. The number of alkyl halides is 1. The van der Waals surface area contributed by atoms with E-state index in [1.54, 1.807) is 17.0 Å². The first kappa shape index (κ1) is 13.8. The fraction of sp³-hybridized carbons (Fsp3) is 0.417. The Kier molecular flexibility index (Phi) is 4.64. The average molecular weight is 379 g/mol. The third kappa shape index (κ3) is 2.87. The minimum atomic E-state index is -0.165. The van der Waals surface area contributed by atoms with E-state index >= 15 is 0 Å². The molecule has 2 rings (SSSR count). The molecule has 1 fully saturated rings. The number of ether oxygens (including phenoxy) is 1. The molecule has 0 bridgehead atoms. The van der Waals surface area contributed by atoms with Gasteiger partial charge in [0.15, 0.2) is 0 Å². The Morgan fingerprint density at radius 1 is 1.56 bits per heavy atom. The summed E-state index contributed by atoms with van der Waals surface area (Å²) in [6, 6.07) is 4.86. The van der Waals surface area contributed by atoms with E-state index in [1.807, 2.05) is 0 Å². The molecular formula is C12H13Br2NO3. The lowest BCUT2D eigenvalue weighted by atomic mass is 10.1. The molecule has 1 unspecified atom stereocenters. The van der Waals surface area contributed by atoms with Crippen LogP contribution in [-0.4, -0.2) is 47.0 Å². The number of benzene rings is 1. The maximum absolute atomic E-state index is 12.4. The summed E-state index contributed by atoms with van der Waals surface area (Å²) in [6.07, 6.45) is 0. The zero-order valence-electron chi connectivity index (χ0n) is 9.60. The van der Waals surface area contributed by atoms with Crippen molar-refractivity contribution >= 4 is 37.8 Å². The van der Waals surface area contributed by atoms with Crippen molar-refractivity contribution in [3.8, 4) is 5.75 Å². The van der Waals surface area contributed by atoms with Gasteiger partial charge in [0, 0.05) is 16.3 Å². The van der Waals surface area contributed by atoms with Crippen LogP contribution in [0.2, 0.25) is 0 Å². The number of aromatic hydroxyl groups is 1. The third-order valence-corrected chi connectivity index (χ3v) is 4.10. The number of nitrogens with zero attached hydrogens (tertiary/aromatic N) is 1. The molecule has 1 atom stereocenters. The summed E-state index contributed by atoms with van der Waals surface area (Å²) in [7, 11) is 0. The maximum Gasteiger partial charge on any atom is 0.258 e. The Balaban J connectivity index is 2.26. The normalized spacial score (nSPS) is 19.9. The molecule has 0 radical (unpaired) electrons. The van der Waals surface area contributed by atoms with Crippen molar-refractivity contribution in [3.63, 3.8) is 0 Å². The van der Waals surface area contributed by atoms with E-state index in [0.717, 1.165) is 4.47 Å².